The van der Waals surface area contributed by atoms with Crippen LogP contribution in [0.1, 0.15) is 98.6 Å². The van der Waals surface area contributed by atoms with E-state index in [4.69, 9.17) is 0 Å². The smallest absolute Gasteiger partial charge is 0.331 e. The molecule has 0 saturated carbocycles. The van der Waals surface area contributed by atoms with E-state index in [9.17, 15) is 0 Å². The van der Waals surface area contributed by atoms with Gasteiger partial charge in [0.25, 0.3) is 0 Å². The van der Waals surface area contributed by atoms with Crippen LogP contribution in [0.25, 0.3) is 19.5 Å². The molecule has 0 aliphatic carbocycles. The molecule has 0 radical (unpaired) electrons. The van der Waals surface area contributed by atoms with Crippen molar-refractivity contribution in [2.45, 2.75) is 105 Å². The highest BCUT2D eigenvalue weighted by molar-refractivity contribution is 7.27. The SMILES string of the molecule is CCCCc1cc2c(s1)-c1sc(CCCC)cc1N1B2c2cc(CCCC)sc2-c2sc(CCCC)cc21. The molecular weight excluding hydrogens is 537 g/mol. The molecule has 0 bridgehead atoms. The first-order valence-electron chi connectivity index (χ1n) is 15.0. The molecular formula is C32H40BNS4. The maximum Gasteiger partial charge on any atom is 0.331 e. The number of aryl methyl sites for hydroxylation is 4. The number of hydrogen-bond donors (Lipinski definition) is 0. The van der Waals surface area contributed by atoms with Crippen LogP contribution in [0.2, 0.25) is 0 Å². The largest absolute Gasteiger partial charge is 0.374 e. The molecule has 0 atom stereocenters. The van der Waals surface area contributed by atoms with Crippen molar-refractivity contribution in [2.75, 3.05) is 4.81 Å². The Morgan fingerprint density at radius 2 is 0.842 bits per heavy atom. The summed E-state index contributed by atoms with van der Waals surface area (Å²) in [6.45, 7) is 9.58. The lowest BCUT2D eigenvalue weighted by Crippen LogP contribution is -2.58. The van der Waals surface area contributed by atoms with Crippen molar-refractivity contribution in [3.05, 3.63) is 43.8 Å². The third-order valence-corrected chi connectivity index (χ3v) is 13.2. The van der Waals surface area contributed by atoms with Gasteiger partial charge in [-0.15, -0.1) is 45.3 Å². The van der Waals surface area contributed by atoms with Gasteiger partial charge >= 0.3 is 6.85 Å². The molecule has 0 amide bonds. The lowest BCUT2D eigenvalue weighted by molar-refractivity contribution is 0.804. The highest BCUT2D eigenvalue weighted by Crippen LogP contribution is 2.54. The van der Waals surface area contributed by atoms with E-state index < -0.39 is 0 Å². The van der Waals surface area contributed by atoms with E-state index in [-0.39, 0.29) is 0 Å². The fraction of sp³-hybridized carbons (Fsp3) is 0.500. The van der Waals surface area contributed by atoms with E-state index in [0.717, 1.165) is 0 Å². The first kappa shape index (κ1) is 26.9. The van der Waals surface area contributed by atoms with Crippen molar-refractivity contribution in [1.82, 2.24) is 0 Å². The van der Waals surface area contributed by atoms with Gasteiger partial charge in [0.2, 0.25) is 0 Å². The van der Waals surface area contributed by atoms with Crippen molar-refractivity contribution in [1.29, 1.82) is 0 Å². The molecule has 200 valence electrons. The Labute approximate surface area is 246 Å². The fourth-order valence-corrected chi connectivity index (χ4v) is 11.1. The first-order valence-corrected chi connectivity index (χ1v) is 18.2. The third kappa shape index (κ3) is 4.78. The van der Waals surface area contributed by atoms with E-state index in [1.54, 1.807) is 40.2 Å². The van der Waals surface area contributed by atoms with Crippen molar-refractivity contribution in [3.8, 4) is 19.5 Å². The molecule has 6 heteroatoms. The Balaban J connectivity index is 1.54. The molecule has 0 aromatic carbocycles. The molecule has 0 saturated heterocycles. The molecule has 38 heavy (non-hydrogen) atoms. The maximum atomic E-state index is 2.78. The minimum Gasteiger partial charge on any atom is -0.374 e. The second kappa shape index (κ2) is 11.6. The summed E-state index contributed by atoms with van der Waals surface area (Å²) in [7, 11) is 0. The highest BCUT2D eigenvalue weighted by atomic mass is 32.1. The lowest BCUT2D eigenvalue weighted by atomic mass is 9.46. The van der Waals surface area contributed by atoms with Gasteiger partial charge in [-0.2, -0.15) is 0 Å². The number of fused-ring (bicyclic) bond motifs is 11. The summed E-state index contributed by atoms with van der Waals surface area (Å²) >= 11 is 8.34. The number of nitrogens with zero attached hydrogens (tertiary/aromatic N) is 1. The molecule has 6 heterocycles. The van der Waals surface area contributed by atoms with E-state index in [2.05, 4.69) is 102 Å². The summed E-state index contributed by atoms with van der Waals surface area (Å²) in [4.78, 5) is 15.3. The van der Waals surface area contributed by atoms with Gasteiger partial charge in [-0.25, -0.2) is 0 Å². The van der Waals surface area contributed by atoms with Gasteiger partial charge in [-0.05, 0) is 74.4 Å². The Bertz CT molecular complexity index is 1190. The van der Waals surface area contributed by atoms with Crippen LogP contribution >= 0.6 is 45.3 Å². The van der Waals surface area contributed by atoms with Gasteiger partial charge in [-0.3, -0.25) is 0 Å². The Hall–Kier alpha value is -1.34. The molecule has 0 spiro atoms. The van der Waals surface area contributed by atoms with Crippen molar-refractivity contribution >= 4 is 74.5 Å². The van der Waals surface area contributed by atoms with Crippen molar-refractivity contribution in [3.63, 3.8) is 0 Å². The molecule has 1 nitrogen and oxygen atoms in total. The summed E-state index contributed by atoms with van der Waals surface area (Å²) in [5.74, 6) is 0. The third-order valence-electron chi connectivity index (χ3n) is 8.04. The normalized spacial score (nSPS) is 13.4. The average Bonchev–Trinajstić information content (AvgIpc) is 3.71. The molecule has 0 N–H and O–H groups in total. The monoisotopic (exact) mass is 577 g/mol. The van der Waals surface area contributed by atoms with Gasteiger partial charge in [-0.1, -0.05) is 65.5 Å². The molecule has 4 aromatic heterocycles. The lowest BCUT2D eigenvalue weighted by Gasteiger charge is -2.38. The average molecular weight is 578 g/mol. The van der Waals surface area contributed by atoms with Crippen molar-refractivity contribution in [2.24, 2.45) is 0 Å². The van der Waals surface area contributed by atoms with Gasteiger partial charge in [0.05, 0.1) is 9.75 Å². The number of thiophene rings is 4. The van der Waals surface area contributed by atoms with Crippen LogP contribution in [0.3, 0.4) is 0 Å². The van der Waals surface area contributed by atoms with Crippen LogP contribution in [0, 0.1) is 0 Å². The van der Waals surface area contributed by atoms with E-state index in [1.807, 2.05) is 0 Å². The zero-order valence-electron chi connectivity index (χ0n) is 23.5. The topological polar surface area (TPSA) is 3.24 Å². The predicted molar refractivity (Wildman–Crippen MR) is 177 cm³/mol. The number of rotatable bonds is 12. The summed E-state index contributed by atoms with van der Waals surface area (Å²) in [5.41, 5.74) is 6.11. The first-order chi connectivity index (χ1) is 18.7. The Kier molecular flexibility index (Phi) is 8.23. The summed E-state index contributed by atoms with van der Waals surface area (Å²) in [6.07, 6.45) is 15.0. The Morgan fingerprint density at radius 3 is 1.21 bits per heavy atom. The zero-order chi connectivity index (χ0) is 26.2. The molecule has 2 aliphatic rings. The van der Waals surface area contributed by atoms with Crippen LogP contribution in [-0.2, 0) is 25.7 Å². The van der Waals surface area contributed by atoms with Crippen LogP contribution < -0.4 is 15.7 Å². The van der Waals surface area contributed by atoms with Gasteiger partial charge in [0, 0.05) is 40.6 Å². The van der Waals surface area contributed by atoms with Crippen LogP contribution in [0.5, 0.6) is 0 Å². The van der Waals surface area contributed by atoms with Crippen LogP contribution in [0.15, 0.2) is 24.3 Å². The van der Waals surface area contributed by atoms with E-state index in [1.165, 1.54) is 98.2 Å². The summed E-state index contributed by atoms with van der Waals surface area (Å²) < 4.78 is 0. The second-order valence-electron chi connectivity index (χ2n) is 11.0. The van der Waals surface area contributed by atoms with Crippen LogP contribution in [-0.4, -0.2) is 6.85 Å². The van der Waals surface area contributed by atoms with E-state index in [0.29, 0.717) is 6.85 Å². The molecule has 6 rings (SSSR count). The Morgan fingerprint density at radius 1 is 0.500 bits per heavy atom. The minimum absolute atomic E-state index is 0.320. The maximum absolute atomic E-state index is 2.78. The standard InChI is InChI=1S/C32H40BNS4/c1-5-9-13-21-17-25-29(35-21)31-27(19-23(37-31)15-11-7-3)34-28-20-24(16-12-8-4)38-32(28)30-26(33(25)34)18-22(36-30)14-10-6-2/h17-20H,5-16H2,1-4H3. The van der Waals surface area contributed by atoms with Gasteiger partial charge < -0.3 is 4.81 Å². The fourth-order valence-electron chi connectivity index (χ4n) is 5.97. The highest BCUT2D eigenvalue weighted by Gasteiger charge is 2.46. The summed E-state index contributed by atoms with van der Waals surface area (Å²) in [5, 5.41) is 0. The quantitative estimate of drug-likeness (QED) is 0.151. The molecule has 4 aromatic rings. The molecule has 2 aliphatic heterocycles. The molecule has 0 fully saturated rings. The predicted octanol–water partition coefficient (Wildman–Crippen LogP) is 10.2. The van der Waals surface area contributed by atoms with Crippen LogP contribution in [0.4, 0.5) is 11.4 Å². The number of anilines is 2. The zero-order valence-corrected chi connectivity index (χ0v) is 26.7. The van der Waals surface area contributed by atoms with Gasteiger partial charge in [0.15, 0.2) is 0 Å². The second-order valence-corrected chi connectivity index (χ2v) is 15.6. The molecule has 0 unspecified atom stereocenters. The number of hydrogen-bond acceptors (Lipinski definition) is 5. The minimum atomic E-state index is 0.320. The summed E-state index contributed by atoms with van der Waals surface area (Å²) in [6, 6.07) is 10.3. The van der Waals surface area contributed by atoms with Gasteiger partial charge in [0.1, 0.15) is 0 Å². The van der Waals surface area contributed by atoms with Crippen molar-refractivity contribution < 1.29 is 0 Å². The van der Waals surface area contributed by atoms with E-state index >= 15 is 0 Å². The number of unbranched alkanes of at least 4 members (excludes halogenated alkanes) is 4.